The van der Waals surface area contributed by atoms with Crippen molar-refractivity contribution in [3.63, 3.8) is 0 Å². The van der Waals surface area contributed by atoms with Crippen LogP contribution in [0.15, 0.2) is 53.6 Å². The average Bonchev–Trinajstić information content (AvgIpc) is 3.23. The third kappa shape index (κ3) is 3.99. The predicted molar refractivity (Wildman–Crippen MR) is 103 cm³/mol. The van der Waals surface area contributed by atoms with Crippen molar-refractivity contribution < 1.29 is 19.4 Å². The summed E-state index contributed by atoms with van der Waals surface area (Å²) in [5.74, 6) is 0.561. The molecule has 1 unspecified atom stereocenters. The number of anilines is 1. The first-order chi connectivity index (χ1) is 13.6. The number of carbonyl (C=O) groups excluding carboxylic acids is 1. The number of thiazole rings is 1. The molecule has 1 aliphatic rings. The van der Waals surface area contributed by atoms with Gasteiger partial charge in [-0.05, 0) is 29.8 Å². The van der Waals surface area contributed by atoms with Crippen molar-refractivity contribution in [2.24, 2.45) is 0 Å². The molecular weight excluding hydrogens is 382 g/mol. The number of aromatic nitrogens is 2. The molecule has 4 rings (SSSR count). The first kappa shape index (κ1) is 18.1. The van der Waals surface area contributed by atoms with E-state index in [2.05, 4.69) is 9.97 Å². The third-order valence-corrected chi connectivity index (χ3v) is 5.14. The normalized spacial score (nSPS) is 16.2. The Labute approximate surface area is 164 Å². The van der Waals surface area contributed by atoms with Crippen molar-refractivity contribution in [1.82, 2.24) is 9.97 Å². The molecule has 3 heterocycles. The fourth-order valence-corrected chi connectivity index (χ4v) is 3.65. The molecule has 1 aromatic carbocycles. The Morgan fingerprint density at radius 3 is 2.64 bits per heavy atom. The molecule has 1 aliphatic heterocycles. The average molecular weight is 399 g/mol. The summed E-state index contributed by atoms with van der Waals surface area (Å²) in [5, 5.41) is 9.66. The molecule has 28 heavy (non-hydrogen) atoms. The molecule has 9 heteroatoms. The van der Waals surface area contributed by atoms with Crippen LogP contribution in [0, 0.1) is 0 Å². The van der Waals surface area contributed by atoms with Gasteiger partial charge in [-0.3, -0.25) is 19.7 Å². The number of pyridine rings is 1. The van der Waals surface area contributed by atoms with E-state index in [1.54, 1.807) is 41.6 Å². The van der Waals surface area contributed by atoms with Gasteiger partial charge in [0.25, 0.3) is 0 Å². The summed E-state index contributed by atoms with van der Waals surface area (Å²) >= 11 is 0.990. The van der Waals surface area contributed by atoms with Crippen LogP contribution in [0.3, 0.4) is 0 Å². The van der Waals surface area contributed by atoms with Gasteiger partial charge in [-0.1, -0.05) is 23.5 Å². The van der Waals surface area contributed by atoms with E-state index < -0.39 is 6.09 Å². The Kier molecular flexibility index (Phi) is 4.98. The van der Waals surface area contributed by atoms with Gasteiger partial charge < -0.3 is 14.6 Å². The first-order valence-corrected chi connectivity index (χ1v) is 9.41. The molecular formula is C19H17N3O5S. The number of ether oxygens (including phenoxy) is 2. The summed E-state index contributed by atoms with van der Waals surface area (Å²) in [5.41, 5.74) is 1.68. The van der Waals surface area contributed by atoms with Crippen molar-refractivity contribution in [2.45, 2.75) is 12.5 Å². The molecule has 2 aromatic heterocycles. The summed E-state index contributed by atoms with van der Waals surface area (Å²) in [6.07, 6.45) is 2.94. The second-order valence-corrected chi connectivity index (χ2v) is 7.31. The molecule has 1 amide bonds. The number of nitrogens with zero attached hydrogens (tertiary/aromatic N) is 2. The van der Waals surface area contributed by atoms with E-state index in [1.807, 2.05) is 12.1 Å². The molecule has 1 saturated heterocycles. The number of hydrogen-bond donors (Lipinski definition) is 2. The molecule has 0 aliphatic carbocycles. The van der Waals surface area contributed by atoms with Crippen molar-refractivity contribution in [2.75, 3.05) is 18.1 Å². The molecule has 0 bridgehead atoms. The summed E-state index contributed by atoms with van der Waals surface area (Å²) in [4.78, 5) is 31.4. The number of nitrogens with one attached hydrogen (secondary N) is 1. The summed E-state index contributed by atoms with van der Waals surface area (Å²) in [7, 11) is 0. The van der Waals surface area contributed by atoms with Gasteiger partial charge in [0.1, 0.15) is 12.4 Å². The number of cyclic esters (lactones) is 1. The zero-order valence-corrected chi connectivity index (χ0v) is 15.5. The van der Waals surface area contributed by atoms with Crippen LogP contribution in [0.2, 0.25) is 0 Å². The summed E-state index contributed by atoms with van der Waals surface area (Å²) in [6, 6.07) is 10.8. The van der Waals surface area contributed by atoms with Crippen LogP contribution in [0.25, 0.3) is 0 Å². The van der Waals surface area contributed by atoms with E-state index in [0.717, 1.165) is 22.6 Å². The van der Waals surface area contributed by atoms with Gasteiger partial charge in [0.05, 0.1) is 17.1 Å². The zero-order chi connectivity index (χ0) is 19.5. The highest BCUT2D eigenvalue weighted by Crippen LogP contribution is 2.23. The van der Waals surface area contributed by atoms with Gasteiger partial charge in [0.15, 0.2) is 6.10 Å². The van der Waals surface area contributed by atoms with Gasteiger partial charge in [-0.15, -0.1) is 0 Å². The van der Waals surface area contributed by atoms with Crippen LogP contribution in [0.1, 0.15) is 10.4 Å². The highest BCUT2D eigenvalue weighted by molar-refractivity contribution is 7.09. The number of H-pyrrole nitrogens is 1. The SMILES string of the molecule is O=C1OC(COc2ccc(Cc3sc(=O)[nH]c3O)cc2)CN1c1ccncc1. The lowest BCUT2D eigenvalue weighted by molar-refractivity contribution is 0.105. The maximum atomic E-state index is 12.0. The fourth-order valence-electron chi connectivity index (χ4n) is 2.89. The van der Waals surface area contributed by atoms with Crippen LogP contribution in [0.4, 0.5) is 10.5 Å². The Morgan fingerprint density at radius 2 is 1.96 bits per heavy atom. The van der Waals surface area contributed by atoms with E-state index in [9.17, 15) is 14.7 Å². The van der Waals surface area contributed by atoms with Crippen molar-refractivity contribution in [3.8, 4) is 11.6 Å². The molecule has 0 radical (unpaired) electrons. The fraction of sp³-hybridized carbons (Fsp3) is 0.211. The van der Waals surface area contributed by atoms with E-state index >= 15 is 0 Å². The molecule has 8 nitrogen and oxygen atoms in total. The molecule has 0 saturated carbocycles. The van der Waals surface area contributed by atoms with E-state index in [1.165, 1.54) is 0 Å². The number of benzene rings is 1. The van der Waals surface area contributed by atoms with Gasteiger partial charge in [0, 0.05) is 18.8 Å². The van der Waals surface area contributed by atoms with Crippen LogP contribution in [0.5, 0.6) is 11.6 Å². The molecule has 2 N–H and O–H groups in total. The Morgan fingerprint density at radius 1 is 1.21 bits per heavy atom. The predicted octanol–water partition coefficient (Wildman–Crippen LogP) is 2.53. The highest BCUT2D eigenvalue weighted by Gasteiger charge is 2.32. The Hall–Kier alpha value is -3.33. The molecule has 1 fully saturated rings. The van der Waals surface area contributed by atoms with Crippen LogP contribution >= 0.6 is 11.3 Å². The van der Waals surface area contributed by atoms with Crippen LogP contribution in [-0.2, 0) is 11.2 Å². The van der Waals surface area contributed by atoms with Gasteiger partial charge in [-0.25, -0.2) is 4.79 Å². The topological polar surface area (TPSA) is 105 Å². The van der Waals surface area contributed by atoms with Crippen LogP contribution in [-0.4, -0.2) is 40.4 Å². The molecule has 0 spiro atoms. The first-order valence-electron chi connectivity index (χ1n) is 8.59. The number of rotatable bonds is 6. The lowest BCUT2D eigenvalue weighted by Crippen LogP contribution is -2.26. The third-order valence-electron chi connectivity index (χ3n) is 4.27. The minimum atomic E-state index is -0.402. The number of hydrogen-bond acceptors (Lipinski definition) is 7. The maximum Gasteiger partial charge on any atom is 0.414 e. The Bertz CT molecular complexity index is 1020. The van der Waals surface area contributed by atoms with Crippen molar-refractivity contribution in [1.29, 1.82) is 0 Å². The summed E-state index contributed by atoms with van der Waals surface area (Å²) in [6.45, 7) is 0.652. The summed E-state index contributed by atoms with van der Waals surface area (Å²) < 4.78 is 11.1. The van der Waals surface area contributed by atoms with Gasteiger partial charge in [-0.2, -0.15) is 0 Å². The number of carbonyl (C=O) groups is 1. The smallest absolute Gasteiger partial charge is 0.414 e. The largest absolute Gasteiger partial charge is 0.494 e. The van der Waals surface area contributed by atoms with Crippen LogP contribution < -0.4 is 14.5 Å². The molecule has 3 aromatic rings. The minimum Gasteiger partial charge on any atom is -0.494 e. The second-order valence-electron chi connectivity index (χ2n) is 6.24. The molecule has 144 valence electrons. The standard InChI is InChI=1S/C19H17N3O5S/c23-17-16(28-18(24)21-17)9-12-1-3-14(4-2-12)26-11-15-10-22(19(25)27-15)13-5-7-20-8-6-13/h1-8,15,23H,9-11H2,(H,21,24). The second kappa shape index (κ2) is 7.73. The number of aromatic amines is 1. The Balaban J connectivity index is 1.32. The molecule has 1 atom stereocenters. The minimum absolute atomic E-state index is 0.0860. The maximum absolute atomic E-state index is 12.0. The highest BCUT2D eigenvalue weighted by atomic mass is 32.1. The van der Waals surface area contributed by atoms with Gasteiger partial charge >= 0.3 is 11.0 Å². The number of amides is 1. The van der Waals surface area contributed by atoms with E-state index in [-0.39, 0.29) is 23.5 Å². The monoisotopic (exact) mass is 399 g/mol. The van der Waals surface area contributed by atoms with E-state index in [0.29, 0.717) is 23.6 Å². The van der Waals surface area contributed by atoms with E-state index in [4.69, 9.17) is 9.47 Å². The lowest BCUT2D eigenvalue weighted by Gasteiger charge is -2.13. The zero-order valence-electron chi connectivity index (χ0n) is 14.7. The van der Waals surface area contributed by atoms with Crippen molar-refractivity contribution in [3.05, 3.63) is 68.9 Å². The quantitative estimate of drug-likeness (QED) is 0.660. The number of aromatic hydroxyl groups is 1. The lowest BCUT2D eigenvalue weighted by atomic mass is 10.1. The van der Waals surface area contributed by atoms with Gasteiger partial charge in [0.2, 0.25) is 5.88 Å². The van der Waals surface area contributed by atoms with Crippen molar-refractivity contribution >= 4 is 23.1 Å².